The summed E-state index contributed by atoms with van der Waals surface area (Å²) >= 11 is 0. The number of hydrogen-bond acceptors (Lipinski definition) is 6. The third kappa shape index (κ3) is 11.1. The van der Waals surface area contributed by atoms with Crippen molar-refractivity contribution in [3.8, 4) is 12.8 Å². The molecular formula is C30H47FN6O3. The van der Waals surface area contributed by atoms with Crippen LogP contribution in [0.3, 0.4) is 0 Å². The minimum atomic E-state index is -0.359. The number of halogens is 1. The Bertz CT molecular complexity index is 958. The molecule has 0 radical (unpaired) electrons. The highest BCUT2D eigenvalue weighted by Crippen LogP contribution is 2.20. The third-order valence-corrected chi connectivity index (χ3v) is 6.57. The molecule has 10 heteroatoms. The fourth-order valence-corrected chi connectivity index (χ4v) is 4.42. The molecule has 0 aromatic rings. The van der Waals surface area contributed by atoms with Gasteiger partial charge in [-0.1, -0.05) is 32.1 Å². The van der Waals surface area contributed by atoms with Crippen LogP contribution in [0, 0.1) is 12.8 Å². The topological polar surface area (TPSA) is 89.8 Å². The molecule has 9 nitrogen and oxygen atoms in total. The molecule has 1 aliphatic carbocycles. The van der Waals surface area contributed by atoms with E-state index in [2.05, 4.69) is 23.2 Å². The summed E-state index contributed by atoms with van der Waals surface area (Å²) in [5, 5.41) is 3.19. The van der Waals surface area contributed by atoms with Crippen molar-refractivity contribution in [3.63, 3.8) is 0 Å². The maximum Gasteiger partial charge on any atom is 0.251 e. The minimum absolute atomic E-state index is 0.00259. The van der Waals surface area contributed by atoms with Crippen LogP contribution < -0.4 is 5.32 Å². The number of nitrogens with one attached hydrogen (secondary N) is 1. The van der Waals surface area contributed by atoms with Crippen LogP contribution in [0.5, 0.6) is 0 Å². The van der Waals surface area contributed by atoms with Crippen molar-refractivity contribution in [1.29, 1.82) is 0 Å². The fraction of sp³-hybridized carbons (Fsp3) is 0.600. The Hall–Kier alpha value is -3.29. The molecule has 2 unspecified atom stereocenters. The van der Waals surface area contributed by atoms with Crippen molar-refractivity contribution >= 4 is 23.9 Å². The van der Waals surface area contributed by atoms with E-state index in [1.165, 1.54) is 6.08 Å². The first-order valence-corrected chi connectivity index (χ1v) is 14.0. The third-order valence-electron chi connectivity index (χ3n) is 6.57. The maximum atomic E-state index is 14.4. The van der Waals surface area contributed by atoms with Gasteiger partial charge in [0.2, 0.25) is 5.91 Å². The van der Waals surface area contributed by atoms with Crippen molar-refractivity contribution in [2.75, 3.05) is 60.1 Å². The van der Waals surface area contributed by atoms with Gasteiger partial charge in [-0.3, -0.25) is 19.9 Å². The van der Waals surface area contributed by atoms with Crippen molar-refractivity contribution in [2.45, 2.75) is 58.6 Å². The lowest BCUT2D eigenvalue weighted by Crippen LogP contribution is -2.54. The summed E-state index contributed by atoms with van der Waals surface area (Å²) in [4.78, 5) is 39.5. The van der Waals surface area contributed by atoms with Crippen LogP contribution in [0.2, 0.25) is 0 Å². The van der Waals surface area contributed by atoms with E-state index < -0.39 is 0 Å². The van der Waals surface area contributed by atoms with Crippen LogP contribution in [0.25, 0.3) is 0 Å². The second-order valence-electron chi connectivity index (χ2n) is 9.20. The summed E-state index contributed by atoms with van der Waals surface area (Å²) in [5.74, 6) is 0.517. The highest BCUT2D eigenvalue weighted by Gasteiger charge is 2.31. The van der Waals surface area contributed by atoms with Gasteiger partial charge in [-0.15, -0.1) is 12.8 Å². The molecule has 2 heterocycles. The number of aliphatic imine (C=N–C) groups is 2. The van der Waals surface area contributed by atoms with Gasteiger partial charge in [0.15, 0.2) is 0 Å². The van der Waals surface area contributed by atoms with Crippen LogP contribution >= 0.6 is 0 Å². The van der Waals surface area contributed by atoms with Gasteiger partial charge < -0.3 is 24.4 Å². The molecule has 40 heavy (non-hydrogen) atoms. The normalized spacial score (nSPS) is 19.9. The monoisotopic (exact) mass is 558 g/mol. The number of amidine groups is 1. The molecule has 2 saturated heterocycles. The summed E-state index contributed by atoms with van der Waals surface area (Å²) in [6.07, 6.45) is 19.3. The number of hydrogen-bond donors (Lipinski definition) is 1. The number of carbonyl (C=O) groups is 2. The van der Waals surface area contributed by atoms with Crippen molar-refractivity contribution < 1.29 is 18.7 Å². The molecule has 0 aromatic carbocycles. The first-order valence-electron chi connectivity index (χ1n) is 14.0. The van der Waals surface area contributed by atoms with E-state index >= 15 is 0 Å². The summed E-state index contributed by atoms with van der Waals surface area (Å²) in [6.45, 7) is 9.22. The molecule has 2 aliphatic heterocycles. The van der Waals surface area contributed by atoms with Gasteiger partial charge in [0, 0.05) is 65.1 Å². The smallest absolute Gasteiger partial charge is 0.251 e. The fourth-order valence-electron chi connectivity index (χ4n) is 4.42. The molecule has 222 valence electrons. The molecule has 2 atom stereocenters. The minimum Gasteiger partial charge on any atom is -0.368 e. The second-order valence-corrected chi connectivity index (χ2v) is 9.20. The van der Waals surface area contributed by atoms with E-state index in [0.717, 1.165) is 18.7 Å². The van der Waals surface area contributed by atoms with Crippen molar-refractivity contribution in [1.82, 2.24) is 20.0 Å². The number of piperazine rings is 1. The zero-order valence-electron chi connectivity index (χ0n) is 24.8. The van der Waals surface area contributed by atoms with Crippen molar-refractivity contribution in [3.05, 3.63) is 35.7 Å². The van der Waals surface area contributed by atoms with E-state index in [-0.39, 0.29) is 36.3 Å². The Kier molecular flexibility index (Phi) is 17.1. The van der Waals surface area contributed by atoms with Gasteiger partial charge in [0.25, 0.3) is 5.91 Å². The Morgan fingerprint density at radius 1 is 1.20 bits per heavy atom. The van der Waals surface area contributed by atoms with Crippen LogP contribution in [-0.4, -0.2) is 111 Å². The lowest BCUT2D eigenvalue weighted by Gasteiger charge is -2.36. The molecule has 0 bridgehead atoms. The first-order chi connectivity index (χ1) is 19.4. The number of carbonyl (C=O) groups excluding carboxylic acids is 2. The number of ether oxygens (including phenoxy) is 1. The average molecular weight is 559 g/mol. The summed E-state index contributed by atoms with van der Waals surface area (Å²) in [5.41, 5.74) is 0.545. The summed E-state index contributed by atoms with van der Waals surface area (Å²) < 4.78 is 19.9. The molecule has 3 rings (SSSR count). The quantitative estimate of drug-likeness (QED) is 0.203. The lowest BCUT2D eigenvalue weighted by atomic mass is 10.1. The van der Waals surface area contributed by atoms with Gasteiger partial charge in [-0.25, -0.2) is 4.39 Å². The molecule has 0 aromatic heterocycles. The van der Waals surface area contributed by atoms with Gasteiger partial charge >= 0.3 is 0 Å². The first kappa shape index (κ1) is 34.7. The molecule has 3 aliphatic rings. The molecule has 2 fully saturated rings. The molecular weight excluding hydrogens is 511 g/mol. The van der Waals surface area contributed by atoms with Crippen molar-refractivity contribution in [2.24, 2.45) is 9.98 Å². The molecule has 0 spiro atoms. The van der Waals surface area contributed by atoms with E-state index in [0.29, 0.717) is 57.9 Å². The van der Waals surface area contributed by atoms with Gasteiger partial charge in [-0.05, 0) is 32.3 Å². The number of nitrogens with zero attached hydrogens (tertiary/aromatic N) is 5. The van der Waals surface area contributed by atoms with E-state index in [1.807, 2.05) is 38.8 Å². The van der Waals surface area contributed by atoms with Gasteiger partial charge in [-0.2, -0.15) is 0 Å². The van der Waals surface area contributed by atoms with E-state index in [9.17, 15) is 14.0 Å². The molecule has 0 saturated carbocycles. The summed E-state index contributed by atoms with van der Waals surface area (Å²) in [6, 6.07) is -0.359. The predicted octanol–water partition coefficient (Wildman–Crippen LogP) is 3.21. The van der Waals surface area contributed by atoms with Crippen LogP contribution in [0.15, 0.2) is 45.7 Å². The predicted molar refractivity (Wildman–Crippen MR) is 161 cm³/mol. The molecule has 2 amide bonds. The number of rotatable bonds is 9. The Balaban J connectivity index is 0.00000191. The number of terminal acetylenes is 1. The summed E-state index contributed by atoms with van der Waals surface area (Å²) in [7, 11) is 3.59. The van der Waals surface area contributed by atoms with Crippen LogP contribution in [0.4, 0.5) is 4.39 Å². The SMILES string of the molecule is C#C.CC.CN=CCC(=NC(C)C1=C(F)C=CCC=C1)N(C)CNCC(=O)N1CCN(C(=O)C2CCCO2)CC1. The highest BCUT2D eigenvalue weighted by molar-refractivity contribution is 5.94. The molecule has 1 N–H and O–H groups in total. The lowest BCUT2D eigenvalue weighted by molar-refractivity contribution is -0.145. The second kappa shape index (κ2) is 19.7. The number of amides is 2. The largest absolute Gasteiger partial charge is 0.368 e. The number of allylic oxidation sites excluding steroid dienone is 4. The average Bonchev–Trinajstić information content (AvgIpc) is 3.45. The maximum absolute atomic E-state index is 14.4. The van der Waals surface area contributed by atoms with Crippen LogP contribution in [0.1, 0.15) is 46.5 Å². The van der Waals surface area contributed by atoms with E-state index in [4.69, 9.17) is 9.73 Å². The van der Waals surface area contributed by atoms with Gasteiger partial charge in [0.05, 0.1) is 19.3 Å². The zero-order valence-corrected chi connectivity index (χ0v) is 24.8. The zero-order chi connectivity index (χ0) is 29.9. The van der Waals surface area contributed by atoms with E-state index in [1.54, 1.807) is 35.2 Å². The Morgan fingerprint density at radius 2 is 1.85 bits per heavy atom. The Labute approximate surface area is 239 Å². The highest BCUT2D eigenvalue weighted by atomic mass is 19.1. The van der Waals surface area contributed by atoms with Crippen LogP contribution in [-0.2, 0) is 14.3 Å². The van der Waals surface area contributed by atoms with Gasteiger partial charge in [0.1, 0.15) is 17.8 Å². The standard InChI is InChI=1S/C26H39FN6O3.C2H6.C2H2/c1-20(21-8-5-4-6-9-22(21)27)30-24(11-12-28-2)31(3)19-29-18-25(34)32-13-15-33(16-14-32)26(35)23-10-7-17-36-23;2*1-2/h5-6,8-9,12,20,23,29H,4,7,10-11,13-19H2,1-3H3;1-2H3;1-2H. The Morgan fingerprint density at radius 3 is 2.48 bits per heavy atom.